The molecule has 0 unspecified atom stereocenters. The highest BCUT2D eigenvalue weighted by atomic mass is 32.2. The van der Waals surface area contributed by atoms with Crippen LogP contribution in [0.2, 0.25) is 0 Å². The zero-order valence-corrected chi connectivity index (χ0v) is 17.9. The molecule has 0 fully saturated rings. The Hall–Kier alpha value is -1.87. The molecule has 0 radical (unpaired) electrons. The summed E-state index contributed by atoms with van der Waals surface area (Å²) in [4.78, 5) is 43.1. The molecule has 0 saturated carbocycles. The van der Waals surface area contributed by atoms with Crippen molar-refractivity contribution in [3.05, 3.63) is 20.8 Å². The van der Waals surface area contributed by atoms with Crippen molar-refractivity contribution in [2.45, 2.75) is 75.7 Å². The maximum atomic E-state index is 13.3. The number of urea groups is 1. The van der Waals surface area contributed by atoms with Crippen LogP contribution in [0.15, 0.2) is 9.95 Å². The number of imide groups is 1. The number of aryl methyl sites for hydroxylation is 2. The molecule has 9 heteroatoms. The number of primary amides is 1. The van der Waals surface area contributed by atoms with Crippen molar-refractivity contribution in [2.24, 2.45) is 5.73 Å². The van der Waals surface area contributed by atoms with Crippen LogP contribution >= 0.6 is 23.1 Å². The fourth-order valence-corrected chi connectivity index (χ4v) is 5.71. The summed E-state index contributed by atoms with van der Waals surface area (Å²) < 4.78 is 1.71. The molecule has 152 valence electrons. The topological polar surface area (TPSA) is 107 Å². The molecule has 0 bridgehead atoms. The molecular formula is C19H26N4O3S2. The van der Waals surface area contributed by atoms with E-state index in [1.807, 2.05) is 0 Å². The van der Waals surface area contributed by atoms with Crippen LogP contribution in [0, 0.1) is 0 Å². The standard InChI is InChI=1S/C19H26N4O3S2/c1-3-4-5-6-10-23-17(25)14-12-8-7-9-13(12)28-16(14)22-19(23)27-11(2)15(24)21-18(20)26/h11H,3-10H2,1-2H3,(H3,20,21,24,26)/t11-/m0/s1. The van der Waals surface area contributed by atoms with Gasteiger partial charge in [0.25, 0.3) is 5.56 Å². The second-order valence-corrected chi connectivity index (χ2v) is 9.45. The van der Waals surface area contributed by atoms with Crippen LogP contribution < -0.4 is 16.6 Å². The number of amides is 3. The third kappa shape index (κ3) is 4.41. The summed E-state index contributed by atoms with van der Waals surface area (Å²) in [7, 11) is 0. The van der Waals surface area contributed by atoms with Gasteiger partial charge >= 0.3 is 6.03 Å². The SMILES string of the molecule is CCCCCCn1c(S[C@@H](C)C(=O)NC(N)=O)nc2sc3c(c2c1=O)CCC3. The van der Waals surface area contributed by atoms with Crippen LogP contribution in [0.5, 0.6) is 0 Å². The normalized spacial score (nSPS) is 14.2. The molecule has 1 aliphatic rings. The van der Waals surface area contributed by atoms with E-state index in [0.29, 0.717) is 11.7 Å². The number of carbonyl (C=O) groups excluding carboxylic acids is 2. The molecule has 2 heterocycles. The number of nitrogens with one attached hydrogen (secondary N) is 1. The van der Waals surface area contributed by atoms with Crippen molar-refractivity contribution < 1.29 is 9.59 Å². The van der Waals surface area contributed by atoms with Crippen molar-refractivity contribution in [2.75, 3.05) is 0 Å². The van der Waals surface area contributed by atoms with Gasteiger partial charge in [-0.25, -0.2) is 9.78 Å². The lowest BCUT2D eigenvalue weighted by Gasteiger charge is -2.15. The number of aromatic nitrogens is 2. The molecule has 2 aromatic heterocycles. The molecule has 0 aliphatic heterocycles. The first kappa shape index (κ1) is 20.9. The third-order valence-corrected chi connectivity index (χ3v) is 7.20. The number of rotatable bonds is 8. The molecular weight excluding hydrogens is 396 g/mol. The number of hydrogen-bond acceptors (Lipinski definition) is 6. The summed E-state index contributed by atoms with van der Waals surface area (Å²) in [6.45, 7) is 4.41. The van der Waals surface area contributed by atoms with Gasteiger partial charge in [-0.15, -0.1) is 11.3 Å². The van der Waals surface area contributed by atoms with E-state index in [1.54, 1.807) is 22.8 Å². The minimum absolute atomic E-state index is 0.00842. The van der Waals surface area contributed by atoms with Gasteiger partial charge in [-0.05, 0) is 38.2 Å². The summed E-state index contributed by atoms with van der Waals surface area (Å²) in [6, 6.07) is -0.882. The third-order valence-electron chi connectivity index (χ3n) is 4.92. The van der Waals surface area contributed by atoms with Gasteiger partial charge in [0.1, 0.15) is 4.83 Å². The molecule has 3 amide bonds. The Labute approximate surface area is 172 Å². The fourth-order valence-electron chi connectivity index (χ4n) is 3.48. The number of fused-ring (bicyclic) bond motifs is 3. The van der Waals surface area contributed by atoms with E-state index in [9.17, 15) is 14.4 Å². The highest BCUT2D eigenvalue weighted by molar-refractivity contribution is 8.00. The number of unbranched alkanes of at least 4 members (excludes halogenated alkanes) is 3. The van der Waals surface area contributed by atoms with E-state index in [1.165, 1.54) is 16.6 Å². The Bertz CT molecular complexity index is 951. The van der Waals surface area contributed by atoms with Crippen molar-refractivity contribution in [1.29, 1.82) is 0 Å². The Kier molecular flexibility index (Phi) is 6.77. The van der Waals surface area contributed by atoms with Gasteiger partial charge in [0, 0.05) is 11.4 Å². The second-order valence-electron chi connectivity index (χ2n) is 7.06. The van der Waals surface area contributed by atoms with Crippen LogP contribution in [-0.2, 0) is 24.2 Å². The van der Waals surface area contributed by atoms with Crippen LogP contribution in [0.25, 0.3) is 10.2 Å². The number of carbonyl (C=O) groups is 2. The maximum absolute atomic E-state index is 13.3. The van der Waals surface area contributed by atoms with Gasteiger partial charge in [0.15, 0.2) is 5.16 Å². The van der Waals surface area contributed by atoms with Gasteiger partial charge < -0.3 is 5.73 Å². The smallest absolute Gasteiger partial charge is 0.318 e. The number of thioether (sulfide) groups is 1. The molecule has 1 atom stereocenters. The zero-order valence-electron chi connectivity index (χ0n) is 16.2. The molecule has 1 aliphatic carbocycles. The minimum atomic E-state index is -0.882. The highest BCUT2D eigenvalue weighted by Gasteiger charge is 2.25. The molecule has 3 rings (SSSR count). The summed E-state index contributed by atoms with van der Waals surface area (Å²) in [5, 5.41) is 2.78. The lowest BCUT2D eigenvalue weighted by atomic mass is 10.2. The molecule has 0 aromatic carbocycles. The van der Waals surface area contributed by atoms with Crippen molar-refractivity contribution in [3.63, 3.8) is 0 Å². The van der Waals surface area contributed by atoms with E-state index in [2.05, 4.69) is 12.2 Å². The molecule has 28 heavy (non-hydrogen) atoms. The number of nitrogens with zero attached hydrogens (tertiary/aromatic N) is 2. The first-order valence-corrected chi connectivity index (χ1v) is 11.4. The summed E-state index contributed by atoms with van der Waals surface area (Å²) in [6.07, 6.45) is 7.22. The highest BCUT2D eigenvalue weighted by Crippen LogP contribution is 2.36. The quantitative estimate of drug-likeness (QED) is 0.386. The number of thiophene rings is 1. The monoisotopic (exact) mass is 422 g/mol. The Morgan fingerprint density at radius 3 is 2.82 bits per heavy atom. The molecule has 7 nitrogen and oxygen atoms in total. The summed E-state index contributed by atoms with van der Waals surface area (Å²) in [5.41, 5.74) is 6.19. The molecule has 0 spiro atoms. The largest absolute Gasteiger partial charge is 0.351 e. The Morgan fingerprint density at radius 2 is 2.11 bits per heavy atom. The molecule has 0 saturated heterocycles. The number of hydrogen-bond donors (Lipinski definition) is 2. The number of nitrogens with two attached hydrogens (primary N) is 1. The van der Waals surface area contributed by atoms with Gasteiger partial charge in [0.05, 0.1) is 10.6 Å². The lowest BCUT2D eigenvalue weighted by molar-refractivity contribution is -0.119. The predicted octanol–water partition coefficient (Wildman–Crippen LogP) is 3.20. The fraction of sp³-hybridized carbons (Fsp3) is 0.579. The van der Waals surface area contributed by atoms with E-state index < -0.39 is 17.2 Å². The zero-order chi connectivity index (χ0) is 20.3. The van der Waals surface area contributed by atoms with E-state index in [4.69, 9.17) is 10.7 Å². The Balaban J connectivity index is 1.95. The maximum Gasteiger partial charge on any atom is 0.318 e. The van der Waals surface area contributed by atoms with Crippen LogP contribution in [0.1, 0.15) is 56.4 Å². The Morgan fingerprint density at radius 1 is 1.32 bits per heavy atom. The van der Waals surface area contributed by atoms with Crippen molar-refractivity contribution >= 4 is 45.3 Å². The second kappa shape index (κ2) is 9.09. The van der Waals surface area contributed by atoms with Crippen LogP contribution in [0.3, 0.4) is 0 Å². The van der Waals surface area contributed by atoms with Gasteiger partial charge in [-0.3, -0.25) is 19.5 Å². The lowest BCUT2D eigenvalue weighted by Crippen LogP contribution is -2.39. The average Bonchev–Trinajstić information content (AvgIpc) is 3.20. The summed E-state index contributed by atoms with van der Waals surface area (Å²) in [5.74, 6) is -0.488. The minimum Gasteiger partial charge on any atom is -0.351 e. The van der Waals surface area contributed by atoms with E-state index in [0.717, 1.165) is 60.7 Å². The van der Waals surface area contributed by atoms with E-state index >= 15 is 0 Å². The van der Waals surface area contributed by atoms with Crippen molar-refractivity contribution in [1.82, 2.24) is 14.9 Å². The first-order valence-electron chi connectivity index (χ1n) is 9.74. The van der Waals surface area contributed by atoms with Crippen LogP contribution in [0.4, 0.5) is 4.79 Å². The molecule has 2 aromatic rings. The molecule has 3 N–H and O–H groups in total. The average molecular weight is 423 g/mol. The van der Waals surface area contributed by atoms with Gasteiger partial charge in [0.2, 0.25) is 5.91 Å². The predicted molar refractivity (Wildman–Crippen MR) is 113 cm³/mol. The first-order chi connectivity index (χ1) is 13.4. The summed E-state index contributed by atoms with van der Waals surface area (Å²) >= 11 is 2.78. The van der Waals surface area contributed by atoms with Gasteiger partial charge in [-0.2, -0.15) is 0 Å². The van der Waals surface area contributed by atoms with E-state index in [-0.39, 0.29) is 5.56 Å². The van der Waals surface area contributed by atoms with Gasteiger partial charge in [-0.1, -0.05) is 37.9 Å². The van der Waals surface area contributed by atoms with Crippen molar-refractivity contribution in [3.8, 4) is 0 Å². The van der Waals surface area contributed by atoms with Crippen LogP contribution in [-0.4, -0.2) is 26.7 Å².